The van der Waals surface area contributed by atoms with Crippen molar-refractivity contribution < 1.29 is 14.4 Å². The Morgan fingerprint density at radius 1 is 1.33 bits per heavy atom. The summed E-state index contributed by atoms with van der Waals surface area (Å²) >= 11 is 0. The van der Waals surface area contributed by atoms with Crippen molar-refractivity contribution in [1.29, 1.82) is 0 Å². The number of ether oxygens (including phenoxy) is 2. The van der Waals surface area contributed by atoms with E-state index in [-0.39, 0.29) is 0 Å². The van der Waals surface area contributed by atoms with Crippen LogP contribution in [0.3, 0.4) is 0 Å². The second-order valence-electron chi connectivity index (χ2n) is 3.31. The summed E-state index contributed by atoms with van der Waals surface area (Å²) in [7, 11) is 5.67. The molecule has 1 rings (SSSR count). The van der Waals surface area contributed by atoms with Gasteiger partial charge >= 0.3 is 0 Å². The zero-order chi connectivity index (χ0) is 8.81. The fourth-order valence-electron chi connectivity index (χ4n) is 1.46. The van der Waals surface area contributed by atoms with Crippen LogP contribution in [0, 0.1) is 7.05 Å². The van der Waals surface area contributed by atoms with Crippen molar-refractivity contribution in [1.82, 2.24) is 0 Å². The summed E-state index contributed by atoms with van der Waals surface area (Å²) in [5.41, 5.74) is 0. The van der Waals surface area contributed by atoms with Crippen LogP contribution in [0.4, 0.5) is 0 Å². The number of methoxy groups -OCH3 is 1. The van der Waals surface area contributed by atoms with Gasteiger partial charge in [-0.1, -0.05) is 0 Å². The first-order valence-electron chi connectivity index (χ1n) is 4.60. The van der Waals surface area contributed by atoms with Crippen molar-refractivity contribution in [3.63, 3.8) is 0 Å². The molecule has 0 atom stereocenters. The lowest BCUT2D eigenvalue weighted by atomic mass is 10.1. The molecule has 12 heavy (non-hydrogen) atoms. The van der Waals surface area contributed by atoms with Gasteiger partial charge in [-0.15, -0.1) is 0 Å². The number of nitrogens with one attached hydrogen (secondary N) is 1. The lowest BCUT2D eigenvalue weighted by molar-refractivity contribution is -0.860. The van der Waals surface area contributed by atoms with Crippen molar-refractivity contribution in [3.05, 3.63) is 7.05 Å². The van der Waals surface area contributed by atoms with Crippen LogP contribution in [-0.4, -0.2) is 39.5 Å². The predicted molar refractivity (Wildman–Crippen MR) is 46.9 cm³/mol. The Bertz CT molecular complexity index is 111. The van der Waals surface area contributed by atoms with Crippen molar-refractivity contribution in [2.24, 2.45) is 0 Å². The standard InChI is InChI=1S/C9H19NO2/c1-10-5-3-9(4-6-10)12-8-7-11-2/h9-10H,1,3-8H2,2H3. The molecule has 3 nitrogen and oxygen atoms in total. The highest BCUT2D eigenvalue weighted by Crippen LogP contribution is 2.04. The highest BCUT2D eigenvalue weighted by Gasteiger charge is 2.16. The molecule has 0 unspecified atom stereocenters. The number of likely N-dealkylation sites (tertiary alicyclic amines) is 1. The van der Waals surface area contributed by atoms with Gasteiger partial charge < -0.3 is 14.4 Å². The van der Waals surface area contributed by atoms with E-state index in [2.05, 4.69) is 7.05 Å². The van der Waals surface area contributed by atoms with E-state index < -0.39 is 0 Å². The average Bonchev–Trinajstić information content (AvgIpc) is 2.09. The average molecular weight is 173 g/mol. The van der Waals surface area contributed by atoms with Gasteiger partial charge in [-0.3, -0.25) is 0 Å². The summed E-state index contributed by atoms with van der Waals surface area (Å²) in [6.07, 6.45) is 2.73. The number of hydrogen-bond donors (Lipinski definition) is 1. The van der Waals surface area contributed by atoms with Crippen molar-refractivity contribution in [2.75, 3.05) is 33.4 Å². The highest BCUT2D eigenvalue weighted by atomic mass is 16.5. The van der Waals surface area contributed by atoms with Gasteiger partial charge in [-0.2, -0.15) is 7.05 Å². The minimum atomic E-state index is 0.450. The fourth-order valence-corrected chi connectivity index (χ4v) is 1.46. The first kappa shape index (κ1) is 9.96. The molecule has 0 amide bonds. The molecule has 0 aromatic rings. The topological polar surface area (TPSA) is 22.9 Å². The molecule has 1 fully saturated rings. The lowest BCUT2D eigenvalue weighted by Gasteiger charge is -2.30. The molecule has 0 saturated carbocycles. The molecule has 1 heterocycles. The van der Waals surface area contributed by atoms with Gasteiger partial charge in [0.05, 0.1) is 32.4 Å². The van der Waals surface area contributed by atoms with Crippen LogP contribution < -0.4 is 4.90 Å². The minimum Gasteiger partial charge on any atom is -0.468 e. The van der Waals surface area contributed by atoms with E-state index in [9.17, 15) is 0 Å². The van der Waals surface area contributed by atoms with Gasteiger partial charge in [-0.05, 0) is 0 Å². The molecule has 0 bridgehead atoms. The SMILES string of the molecule is [CH2-][NH+]1CCC(OCCOC)CC1. The number of hydrogen-bond acceptors (Lipinski definition) is 2. The van der Waals surface area contributed by atoms with Crippen LogP contribution in [0.25, 0.3) is 0 Å². The zero-order valence-corrected chi connectivity index (χ0v) is 7.84. The third-order valence-electron chi connectivity index (χ3n) is 2.28. The van der Waals surface area contributed by atoms with E-state index in [1.165, 1.54) is 4.90 Å². The maximum atomic E-state index is 5.61. The normalized spacial score (nSPS) is 30.5. The van der Waals surface area contributed by atoms with E-state index in [1.807, 2.05) is 0 Å². The molecule has 0 aliphatic carbocycles. The zero-order valence-electron chi connectivity index (χ0n) is 7.84. The largest absolute Gasteiger partial charge is 0.468 e. The second-order valence-corrected chi connectivity index (χ2v) is 3.31. The molecule has 0 radical (unpaired) electrons. The maximum Gasteiger partial charge on any atom is 0.0704 e. The number of rotatable bonds is 4. The molecule has 3 heteroatoms. The smallest absolute Gasteiger partial charge is 0.0704 e. The fraction of sp³-hybridized carbons (Fsp3) is 0.889. The molecule has 72 valence electrons. The van der Waals surface area contributed by atoms with Gasteiger partial charge in [-0.25, -0.2) is 0 Å². The second kappa shape index (κ2) is 5.51. The Morgan fingerprint density at radius 2 is 2.00 bits per heavy atom. The Morgan fingerprint density at radius 3 is 2.58 bits per heavy atom. The lowest BCUT2D eigenvalue weighted by Crippen LogP contribution is -3.08. The van der Waals surface area contributed by atoms with Crippen LogP contribution >= 0.6 is 0 Å². The summed E-state index contributed by atoms with van der Waals surface area (Å²) in [6, 6.07) is 0. The Kier molecular flexibility index (Phi) is 4.58. The molecule has 1 N–H and O–H groups in total. The monoisotopic (exact) mass is 173 g/mol. The van der Waals surface area contributed by atoms with Crippen LogP contribution in [0.15, 0.2) is 0 Å². The summed E-state index contributed by atoms with van der Waals surface area (Å²) in [5.74, 6) is 0. The van der Waals surface area contributed by atoms with Gasteiger partial charge in [0, 0.05) is 20.0 Å². The Hall–Kier alpha value is -0.120. The van der Waals surface area contributed by atoms with Crippen LogP contribution in [-0.2, 0) is 9.47 Å². The molecule has 1 saturated heterocycles. The van der Waals surface area contributed by atoms with E-state index in [0.29, 0.717) is 12.7 Å². The molecular formula is C9H19NO2. The maximum absolute atomic E-state index is 5.61. The van der Waals surface area contributed by atoms with Gasteiger partial charge in [0.1, 0.15) is 0 Å². The molecule has 1 aliphatic rings. The van der Waals surface area contributed by atoms with Crippen molar-refractivity contribution >= 4 is 0 Å². The first-order chi connectivity index (χ1) is 5.83. The first-order valence-corrected chi connectivity index (χ1v) is 4.60. The summed E-state index contributed by atoms with van der Waals surface area (Å²) in [6.45, 7) is 3.71. The van der Waals surface area contributed by atoms with Crippen LogP contribution in [0.1, 0.15) is 12.8 Å². The van der Waals surface area contributed by atoms with Gasteiger partial charge in [0.25, 0.3) is 0 Å². The summed E-state index contributed by atoms with van der Waals surface area (Å²) in [4.78, 5) is 1.38. The summed E-state index contributed by atoms with van der Waals surface area (Å²) < 4.78 is 10.5. The third kappa shape index (κ3) is 3.52. The highest BCUT2D eigenvalue weighted by molar-refractivity contribution is 4.60. The van der Waals surface area contributed by atoms with E-state index in [4.69, 9.17) is 9.47 Å². The van der Waals surface area contributed by atoms with E-state index in [0.717, 1.165) is 32.5 Å². The van der Waals surface area contributed by atoms with Crippen LogP contribution in [0.5, 0.6) is 0 Å². The number of quaternary nitrogens is 1. The van der Waals surface area contributed by atoms with Gasteiger partial charge in [0.2, 0.25) is 0 Å². The Balaban J connectivity index is 2.01. The molecule has 1 aliphatic heterocycles. The third-order valence-corrected chi connectivity index (χ3v) is 2.28. The Labute approximate surface area is 74.6 Å². The van der Waals surface area contributed by atoms with Crippen LogP contribution in [0.2, 0.25) is 0 Å². The quantitative estimate of drug-likeness (QED) is 0.457. The predicted octanol–water partition coefficient (Wildman–Crippen LogP) is -0.512. The van der Waals surface area contributed by atoms with Crippen molar-refractivity contribution in [2.45, 2.75) is 18.9 Å². The van der Waals surface area contributed by atoms with Gasteiger partial charge in [0.15, 0.2) is 0 Å². The van der Waals surface area contributed by atoms with E-state index >= 15 is 0 Å². The molecule has 0 spiro atoms. The molecule has 0 aromatic heterocycles. The summed E-state index contributed by atoms with van der Waals surface area (Å²) in [5, 5.41) is 0. The van der Waals surface area contributed by atoms with Crippen molar-refractivity contribution in [3.8, 4) is 0 Å². The van der Waals surface area contributed by atoms with E-state index in [1.54, 1.807) is 7.11 Å². The molecular weight excluding hydrogens is 154 g/mol. The molecule has 0 aromatic carbocycles. The number of piperidine rings is 1. The minimum absolute atomic E-state index is 0.450.